The van der Waals surface area contributed by atoms with Crippen LogP contribution in [0.5, 0.6) is 0 Å². The Kier molecular flexibility index (Phi) is 4.74. The number of aliphatic hydroxyl groups excluding tert-OH is 2. The average molecular weight is 369 g/mol. The monoisotopic (exact) mass is 369 g/mol. The van der Waals surface area contributed by atoms with Crippen molar-refractivity contribution in [3.8, 4) is 0 Å². The van der Waals surface area contributed by atoms with Crippen LogP contribution in [0.25, 0.3) is 0 Å². The van der Waals surface area contributed by atoms with Gasteiger partial charge in [-0.25, -0.2) is 0 Å². The van der Waals surface area contributed by atoms with E-state index in [0.717, 1.165) is 0 Å². The number of rotatable bonds is 3. The number of aliphatic hydroxyl groups is 2. The molecule has 0 bridgehead atoms. The molecular weight excluding hydrogens is 342 g/mol. The van der Waals surface area contributed by atoms with Crippen molar-refractivity contribution in [2.24, 2.45) is 10.8 Å². The maximum atomic E-state index is 13.0. The molecule has 0 spiro atoms. The quantitative estimate of drug-likeness (QED) is 0.815. The number of ketones is 2. The fourth-order valence-electron chi connectivity index (χ4n) is 4.28. The molecule has 0 saturated carbocycles. The second kappa shape index (κ2) is 6.63. The Morgan fingerprint density at radius 2 is 1.37 bits per heavy atom. The van der Waals surface area contributed by atoms with E-state index < -0.39 is 5.92 Å². The molecule has 3 rings (SSSR count). The highest BCUT2D eigenvalue weighted by molar-refractivity contribution is 6.05. The predicted octanol–water partition coefficient (Wildman–Crippen LogP) is 4.57. The minimum Gasteiger partial charge on any atom is -0.512 e. The van der Waals surface area contributed by atoms with Crippen molar-refractivity contribution in [3.63, 3.8) is 0 Å². The summed E-state index contributed by atoms with van der Waals surface area (Å²) in [5.41, 5.74) is 0.397. The van der Waals surface area contributed by atoms with Gasteiger partial charge >= 0.3 is 0 Å². The summed E-state index contributed by atoms with van der Waals surface area (Å²) in [6.07, 6.45) is 4.50. The van der Waals surface area contributed by atoms with Crippen molar-refractivity contribution in [1.82, 2.24) is 4.98 Å². The third-order valence-electron chi connectivity index (χ3n) is 5.39. The molecular formula is C22H27NO4. The van der Waals surface area contributed by atoms with Gasteiger partial charge in [-0.3, -0.25) is 14.6 Å². The van der Waals surface area contributed by atoms with Gasteiger partial charge < -0.3 is 10.2 Å². The van der Waals surface area contributed by atoms with Crippen LogP contribution in [-0.4, -0.2) is 26.8 Å². The van der Waals surface area contributed by atoms with Gasteiger partial charge in [0.05, 0.1) is 0 Å². The number of pyridine rings is 1. The molecule has 1 aromatic rings. The highest BCUT2D eigenvalue weighted by atomic mass is 16.3. The standard InChI is InChI=1S/C22H27NO4/c1-21(2)8-14(24)19(15(25)9-21)18(13-6-5-7-23-12-13)20-16(26)10-22(3,4)11-17(20)27/h5-7,12,18,24,26H,8-11H2,1-4H3. The Bertz CT molecular complexity index is 794. The van der Waals surface area contributed by atoms with Gasteiger partial charge in [0, 0.05) is 55.1 Å². The lowest BCUT2D eigenvalue weighted by Crippen LogP contribution is -2.33. The normalized spacial score (nSPS) is 22.6. The molecule has 5 nitrogen and oxygen atoms in total. The van der Waals surface area contributed by atoms with Crippen molar-refractivity contribution in [3.05, 3.63) is 52.8 Å². The van der Waals surface area contributed by atoms with Crippen molar-refractivity contribution >= 4 is 11.6 Å². The van der Waals surface area contributed by atoms with E-state index >= 15 is 0 Å². The predicted molar refractivity (Wildman–Crippen MR) is 102 cm³/mol. The highest BCUT2D eigenvalue weighted by Gasteiger charge is 2.43. The van der Waals surface area contributed by atoms with E-state index in [4.69, 9.17) is 0 Å². The molecule has 2 aliphatic carbocycles. The highest BCUT2D eigenvalue weighted by Crippen LogP contribution is 2.47. The second-order valence-electron chi connectivity index (χ2n) is 9.32. The average Bonchev–Trinajstić information content (AvgIpc) is 2.50. The molecule has 0 saturated heterocycles. The Labute approximate surface area is 159 Å². The SMILES string of the molecule is CC1(C)CC(=O)C(C(C2=C(O)CC(C)(C)CC2=O)c2cccnc2)=C(O)C1. The fourth-order valence-corrected chi connectivity index (χ4v) is 4.28. The summed E-state index contributed by atoms with van der Waals surface area (Å²) in [5, 5.41) is 21.5. The van der Waals surface area contributed by atoms with Crippen LogP contribution in [0.4, 0.5) is 0 Å². The molecule has 1 aromatic heterocycles. The molecule has 0 aromatic carbocycles. The number of aromatic nitrogens is 1. The van der Waals surface area contributed by atoms with Crippen LogP contribution < -0.4 is 0 Å². The van der Waals surface area contributed by atoms with Crippen LogP contribution in [-0.2, 0) is 9.59 Å². The zero-order valence-corrected chi connectivity index (χ0v) is 16.4. The first-order valence-electron chi connectivity index (χ1n) is 9.31. The van der Waals surface area contributed by atoms with E-state index in [-0.39, 0.29) is 57.9 Å². The van der Waals surface area contributed by atoms with Gasteiger partial charge in [0.25, 0.3) is 0 Å². The number of nitrogens with zero attached hydrogens (tertiary/aromatic N) is 1. The summed E-state index contributed by atoms with van der Waals surface area (Å²) in [7, 11) is 0. The van der Waals surface area contributed by atoms with Gasteiger partial charge in [-0.2, -0.15) is 0 Å². The first-order chi connectivity index (χ1) is 12.5. The Balaban J connectivity index is 2.20. The molecule has 0 fully saturated rings. The van der Waals surface area contributed by atoms with Crippen molar-refractivity contribution in [2.75, 3.05) is 0 Å². The van der Waals surface area contributed by atoms with Gasteiger partial charge in [-0.15, -0.1) is 0 Å². The smallest absolute Gasteiger partial charge is 0.163 e. The van der Waals surface area contributed by atoms with E-state index in [1.165, 1.54) is 0 Å². The van der Waals surface area contributed by atoms with Crippen molar-refractivity contribution in [2.45, 2.75) is 59.3 Å². The Morgan fingerprint density at radius 3 is 1.74 bits per heavy atom. The zero-order valence-electron chi connectivity index (χ0n) is 16.4. The molecule has 0 atom stereocenters. The zero-order chi connectivity index (χ0) is 20.0. The molecule has 2 N–H and O–H groups in total. The molecule has 5 heteroatoms. The Morgan fingerprint density at radius 1 is 0.889 bits per heavy atom. The third-order valence-corrected chi connectivity index (χ3v) is 5.39. The summed E-state index contributed by atoms with van der Waals surface area (Å²) >= 11 is 0. The van der Waals surface area contributed by atoms with Crippen LogP contribution >= 0.6 is 0 Å². The van der Waals surface area contributed by atoms with E-state index in [9.17, 15) is 19.8 Å². The number of hydrogen-bond acceptors (Lipinski definition) is 5. The maximum Gasteiger partial charge on any atom is 0.163 e. The summed E-state index contributed by atoms with van der Waals surface area (Å²) < 4.78 is 0. The van der Waals surface area contributed by atoms with Crippen LogP contribution in [0, 0.1) is 10.8 Å². The molecule has 0 radical (unpaired) electrons. The minimum absolute atomic E-state index is 0.00281. The third kappa shape index (κ3) is 3.82. The lowest BCUT2D eigenvalue weighted by Gasteiger charge is -2.36. The lowest BCUT2D eigenvalue weighted by atomic mass is 9.67. The number of carbonyl (C=O) groups excluding carboxylic acids is 2. The molecule has 2 aliphatic rings. The molecule has 144 valence electrons. The number of allylic oxidation sites excluding steroid dienone is 4. The van der Waals surface area contributed by atoms with Gasteiger partial charge in [-0.1, -0.05) is 33.8 Å². The topological polar surface area (TPSA) is 87.5 Å². The van der Waals surface area contributed by atoms with Gasteiger partial charge in [0.2, 0.25) is 0 Å². The van der Waals surface area contributed by atoms with Crippen LogP contribution in [0.3, 0.4) is 0 Å². The van der Waals surface area contributed by atoms with Gasteiger partial charge in [0.1, 0.15) is 11.5 Å². The molecule has 27 heavy (non-hydrogen) atoms. The maximum absolute atomic E-state index is 13.0. The fraction of sp³-hybridized carbons (Fsp3) is 0.500. The van der Waals surface area contributed by atoms with Crippen molar-refractivity contribution < 1.29 is 19.8 Å². The van der Waals surface area contributed by atoms with Gasteiger partial charge in [0.15, 0.2) is 11.6 Å². The number of Topliss-reactive ketones (excluding diaryl/α,β-unsaturated/α-hetero) is 2. The first-order valence-corrected chi connectivity index (χ1v) is 9.31. The Hall–Kier alpha value is -2.43. The van der Waals surface area contributed by atoms with Gasteiger partial charge in [-0.05, 0) is 22.5 Å². The summed E-state index contributed by atoms with van der Waals surface area (Å²) in [5.74, 6) is -1.15. The van der Waals surface area contributed by atoms with E-state index in [1.54, 1.807) is 24.5 Å². The van der Waals surface area contributed by atoms with E-state index in [2.05, 4.69) is 4.98 Å². The number of carbonyl (C=O) groups is 2. The second-order valence-corrected chi connectivity index (χ2v) is 9.32. The molecule has 0 amide bonds. The van der Waals surface area contributed by atoms with Crippen LogP contribution in [0.15, 0.2) is 47.2 Å². The molecule has 0 unspecified atom stereocenters. The number of hydrogen-bond donors (Lipinski definition) is 2. The van der Waals surface area contributed by atoms with Crippen molar-refractivity contribution in [1.29, 1.82) is 0 Å². The summed E-state index contributed by atoms with van der Waals surface area (Å²) in [6, 6.07) is 3.50. The summed E-state index contributed by atoms with van der Waals surface area (Å²) in [4.78, 5) is 30.1. The summed E-state index contributed by atoms with van der Waals surface area (Å²) in [6.45, 7) is 7.73. The molecule has 0 aliphatic heterocycles. The minimum atomic E-state index is -0.786. The first kappa shape index (κ1) is 19.3. The van der Waals surface area contributed by atoms with E-state index in [0.29, 0.717) is 18.4 Å². The van der Waals surface area contributed by atoms with Crippen LogP contribution in [0.1, 0.15) is 64.9 Å². The lowest BCUT2D eigenvalue weighted by molar-refractivity contribution is -0.119. The van der Waals surface area contributed by atoms with Crippen LogP contribution in [0.2, 0.25) is 0 Å². The molecule has 1 heterocycles. The largest absolute Gasteiger partial charge is 0.512 e. The van der Waals surface area contributed by atoms with E-state index in [1.807, 2.05) is 27.7 Å².